The van der Waals surface area contributed by atoms with E-state index in [0.29, 0.717) is 46.8 Å². The Balaban J connectivity index is 1.62. The Morgan fingerprint density at radius 3 is 2.51 bits per heavy atom. The molecule has 0 spiro atoms. The van der Waals surface area contributed by atoms with Gasteiger partial charge in [-0.05, 0) is 81.5 Å². The van der Waals surface area contributed by atoms with E-state index in [9.17, 15) is 13.2 Å². The minimum atomic E-state index is -3.87. The molecule has 4 rings (SSSR count). The first-order chi connectivity index (χ1) is 19.6. The minimum absolute atomic E-state index is 0.0355. The summed E-state index contributed by atoms with van der Waals surface area (Å²) in [5, 5.41) is 7.53. The fraction of sp³-hybridized carbons (Fsp3) is 0.276. The summed E-state index contributed by atoms with van der Waals surface area (Å²) in [4.78, 5) is 19.3. The molecule has 0 fully saturated rings. The van der Waals surface area contributed by atoms with Gasteiger partial charge in [0.25, 0.3) is 10.0 Å². The third-order valence-corrected chi connectivity index (χ3v) is 7.78. The normalized spacial score (nSPS) is 11.5. The molecule has 4 N–H and O–H groups in total. The van der Waals surface area contributed by atoms with Gasteiger partial charge in [-0.25, -0.2) is 13.4 Å². The number of ether oxygens (including phenoxy) is 2. The maximum atomic E-state index is 13.4. The fourth-order valence-corrected chi connectivity index (χ4v) is 5.59. The highest BCUT2D eigenvalue weighted by Crippen LogP contribution is 2.25. The van der Waals surface area contributed by atoms with Crippen molar-refractivity contribution in [3.05, 3.63) is 83.7 Å². The second kappa shape index (κ2) is 12.8. The van der Waals surface area contributed by atoms with E-state index in [1.165, 1.54) is 0 Å². The summed E-state index contributed by atoms with van der Waals surface area (Å²) in [6.07, 6.45) is 0.586. The van der Waals surface area contributed by atoms with E-state index in [4.69, 9.17) is 20.6 Å². The molecular formula is C29H34N6O5S. The number of nitrogen functional groups attached to an aromatic ring is 1. The number of nitrogens with zero attached hydrogens (tertiary/aromatic N) is 3. The molecule has 0 aliphatic carbocycles. The number of benzene rings is 3. The number of imidazole rings is 1. The maximum Gasteiger partial charge on any atom is 0.326 e. The number of amidine groups is 1. The van der Waals surface area contributed by atoms with Gasteiger partial charge in [0.2, 0.25) is 0 Å². The highest BCUT2D eigenvalue weighted by molar-refractivity contribution is 7.92. The number of rotatable bonds is 13. The molecule has 0 saturated carbocycles. The molecule has 3 aromatic carbocycles. The number of fused-ring (bicyclic) bond motifs is 1. The largest absolute Gasteiger partial charge is 0.486 e. The van der Waals surface area contributed by atoms with Crippen LogP contribution < -0.4 is 15.2 Å². The molecule has 0 radical (unpaired) electrons. The Kier molecular flexibility index (Phi) is 9.25. The van der Waals surface area contributed by atoms with E-state index >= 15 is 0 Å². The van der Waals surface area contributed by atoms with Gasteiger partial charge >= 0.3 is 5.97 Å². The average molecular weight is 579 g/mol. The Labute approximate surface area is 239 Å². The van der Waals surface area contributed by atoms with Gasteiger partial charge in [-0.2, -0.15) is 0 Å². The van der Waals surface area contributed by atoms with E-state index in [-0.39, 0.29) is 30.5 Å². The standard InChI is InChI=1S/C29H34N6O5S/c1-4-39-28(36)18-35-25-14-11-22(33-41(37,38)26-8-6-5-7-20(26)15-16-34(2)3)17-24(25)32-27(35)19-40-23-12-9-21(10-13-23)29(30)31/h5-14,17,33H,4,15-16,18-19H2,1-3H3,(H3,30,31). The molecule has 12 heteroatoms. The predicted molar refractivity (Wildman–Crippen MR) is 158 cm³/mol. The number of nitrogens with two attached hydrogens (primary N) is 1. The molecule has 4 aromatic rings. The van der Waals surface area contributed by atoms with Crippen LogP contribution in [0.2, 0.25) is 0 Å². The number of likely N-dealkylation sites (N-methyl/N-ethyl adjacent to an activating group) is 1. The summed E-state index contributed by atoms with van der Waals surface area (Å²) in [6, 6.07) is 18.7. The molecule has 0 unspecified atom stereocenters. The van der Waals surface area contributed by atoms with Crippen LogP contribution in [0.15, 0.2) is 71.6 Å². The van der Waals surface area contributed by atoms with Gasteiger partial charge in [0.1, 0.15) is 30.6 Å². The van der Waals surface area contributed by atoms with Crippen LogP contribution in [0, 0.1) is 5.41 Å². The molecular weight excluding hydrogens is 544 g/mol. The number of anilines is 1. The van der Waals surface area contributed by atoms with E-state index in [0.717, 1.165) is 5.56 Å². The average Bonchev–Trinajstić information content (AvgIpc) is 3.27. The van der Waals surface area contributed by atoms with Crippen molar-refractivity contribution in [3.63, 3.8) is 0 Å². The third-order valence-electron chi connectivity index (χ3n) is 6.30. The molecule has 11 nitrogen and oxygen atoms in total. The van der Waals surface area contributed by atoms with Crippen molar-refractivity contribution in [2.45, 2.75) is 31.4 Å². The summed E-state index contributed by atoms with van der Waals surface area (Å²) in [7, 11) is 0.00722. The van der Waals surface area contributed by atoms with Crippen LogP contribution in [0.1, 0.15) is 23.9 Å². The van der Waals surface area contributed by atoms with Crippen LogP contribution in [0.5, 0.6) is 5.75 Å². The number of carbonyl (C=O) groups is 1. The first-order valence-electron chi connectivity index (χ1n) is 13.0. The summed E-state index contributed by atoms with van der Waals surface area (Å²) in [5.41, 5.74) is 8.27. The maximum absolute atomic E-state index is 13.4. The van der Waals surface area contributed by atoms with Crippen LogP contribution in [0.25, 0.3) is 11.0 Å². The lowest BCUT2D eigenvalue weighted by molar-refractivity contribution is -0.143. The smallest absolute Gasteiger partial charge is 0.326 e. The van der Waals surface area contributed by atoms with E-state index < -0.39 is 16.0 Å². The van der Waals surface area contributed by atoms with Gasteiger partial charge in [0.05, 0.1) is 28.2 Å². The molecule has 1 aromatic heterocycles. The number of hydrogen-bond donors (Lipinski definition) is 3. The van der Waals surface area contributed by atoms with Crippen LogP contribution in [-0.4, -0.2) is 61.9 Å². The van der Waals surface area contributed by atoms with Crippen LogP contribution in [0.3, 0.4) is 0 Å². The minimum Gasteiger partial charge on any atom is -0.486 e. The molecule has 0 aliphatic heterocycles. The van der Waals surface area contributed by atoms with Crippen molar-refractivity contribution in [1.82, 2.24) is 14.5 Å². The van der Waals surface area contributed by atoms with E-state index in [1.54, 1.807) is 66.1 Å². The van der Waals surface area contributed by atoms with E-state index in [1.807, 2.05) is 31.1 Å². The fourth-order valence-electron chi connectivity index (χ4n) is 4.27. The van der Waals surface area contributed by atoms with Gasteiger partial charge in [-0.15, -0.1) is 0 Å². The highest BCUT2D eigenvalue weighted by atomic mass is 32.2. The first kappa shape index (κ1) is 29.6. The number of esters is 1. The number of hydrogen-bond acceptors (Lipinski definition) is 8. The van der Waals surface area contributed by atoms with Crippen LogP contribution in [0.4, 0.5) is 5.69 Å². The topological polar surface area (TPSA) is 153 Å². The van der Waals surface area contributed by atoms with Crippen molar-refractivity contribution in [1.29, 1.82) is 5.41 Å². The summed E-state index contributed by atoms with van der Waals surface area (Å²) in [6.45, 7) is 2.63. The number of nitrogens with one attached hydrogen (secondary N) is 2. The molecule has 1 heterocycles. The summed E-state index contributed by atoms with van der Waals surface area (Å²) in [5.74, 6) is 0.512. The second-order valence-electron chi connectivity index (χ2n) is 9.62. The van der Waals surface area contributed by atoms with Gasteiger partial charge in [-0.3, -0.25) is 14.9 Å². The Morgan fingerprint density at radius 1 is 1.10 bits per heavy atom. The highest BCUT2D eigenvalue weighted by Gasteiger charge is 2.20. The Morgan fingerprint density at radius 2 is 1.83 bits per heavy atom. The van der Waals surface area contributed by atoms with Crippen molar-refractivity contribution < 1.29 is 22.7 Å². The quantitative estimate of drug-likeness (QED) is 0.124. The number of carbonyl (C=O) groups excluding carboxylic acids is 1. The molecule has 0 amide bonds. The zero-order valence-electron chi connectivity index (χ0n) is 23.3. The van der Waals surface area contributed by atoms with Gasteiger partial charge in [-0.1, -0.05) is 18.2 Å². The molecule has 0 atom stereocenters. The molecule has 0 aliphatic rings. The lowest BCUT2D eigenvalue weighted by atomic mass is 10.1. The first-order valence-corrected chi connectivity index (χ1v) is 14.5. The van der Waals surface area contributed by atoms with E-state index in [2.05, 4.69) is 9.71 Å². The SMILES string of the molecule is CCOC(=O)Cn1c(COc2ccc(C(=N)N)cc2)nc2cc(NS(=O)(=O)c3ccccc3CCN(C)C)ccc21. The van der Waals surface area contributed by atoms with Crippen molar-refractivity contribution in [2.75, 3.05) is 32.0 Å². The second-order valence-corrected chi connectivity index (χ2v) is 11.3. The van der Waals surface area contributed by atoms with Crippen LogP contribution in [-0.2, 0) is 39.1 Å². The Bertz CT molecular complexity index is 1650. The number of sulfonamides is 1. The molecule has 216 valence electrons. The summed E-state index contributed by atoms with van der Waals surface area (Å²) < 4.78 is 42.1. The van der Waals surface area contributed by atoms with Crippen LogP contribution >= 0.6 is 0 Å². The molecule has 0 saturated heterocycles. The lowest BCUT2D eigenvalue weighted by Gasteiger charge is -2.14. The summed E-state index contributed by atoms with van der Waals surface area (Å²) >= 11 is 0. The molecule has 0 bridgehead atoms. The molecule has 41 heavy (non-hydrogen) atoms. The van der Waals surface area contributed by atoms with Gasteiger partial charge in [0, 0.05) is 12.1 Å². The van der Waals surface area contributed by atoms with Gasteiger partial charge < -0.3 is 24.7 Å². The van der Waals surface area contributed by atoms with Crippen molar-refractivity contribution >= 4 is 38.5 Å². The lowest BCUT2D eigenvalue weighted by Crippen LogP contribution is -2.19. The monoisotopic (exact) mass is 578 g/mol. The Hall–Kier alpha value is -4.42. The zero-order chi connectivity index (χ0) is 29.6. The predicted octanol–water partition coefficient (Wildman–Crippen LogP) is 3.37. The zero-order valence-corrected chi connectivity index (χ0v) is 24.1. The third kappa shape index (κ3) is 7.41. The number of aromatic nitrogens is 2. The van der Waals surface area contributed by atoms with Crippen molar-refractivity contribution in [3.8, 4) is 5.75 Å². The van der Waals surface area contributed by atoms with Crippen molar-refractivity contribution in [2.24, 2.45) is 5.73 Å². The van der Waals surface area contributed by atoms with Gasteiger partial charge in [0.15, 0.2) is 0 Å².